The van der Waals surface area contributed by atoms with Crippen LogP contribution in [0.15, 0.2) is 36.5 Å². The third-order valence-corrected chi connectivity index (χ3v) is 5.04. The standard InChI is InChI=1S/C20H24N4O/c1-14-12-19(13-24-20(14)21-16(3)22-24)18-6-4-17(5-7-18)15(2)23-8-10-25-11-9-23/h4-7,12-13,15H,8-11H2,1-3H3. The number of nitrogens with zero attached hydrogens (tertiary/aromatic N) is 4. The van der Waals surface area contributed by atoms with Crippen LogP contribution in [0.25, 0.3) is 16.8 Å². The number of pyridine rings is 1. The maximum absolute atomic E-state index is 5.46. The van der Waals surface area contributed by atoms with Crippen LogP contribution < -0.4 is 0 Å². The first kappa shape index (κ1) is 16.2. The van der Waals surface area contributed by atoms with E-state index in [0.717, 1.165) is 43.3 Å². The fourth-order valence-corrected chi connectivity index (χ4v) is 3.54. The summed E-state index contributed by atoms with van der Waals surface area (Å²) < 4.78 is 7.33. The van der Waals surface area contributed by atoms with Gasteiger partial charge in [-0.15, -0.1) is 0 Å². The van der Waals surface area contributed by atoms with Crippen molar-refractivity contribution in [1.82, 2.24) is 19.5 Å². The fourth-order valence-electron chi connectivity index (χ4n) is 3.54. The Bertz CT molecular complexity index is 879. The number of morpholine rings is 1. The molecule has 0 spiro atoms. The van der Waals surface area contributed by atoms with E-state index in [1.807, 2.05) is 11.4 Å². The van der Waals surface area contributed by atoms with Crippen molar-refractivity contribution in [1.29, 1.82) is 0 Å². The van der Waals surface area contributed by atoms with E-state index in [0.29, 0.717) is 6.04 Å². The number of aryl methyl sites for hydroxylation is 2. The Balaban J connectivity index is 1.61. The lowest BCUT2D eigenvalue weighted by Crippen LogP contribution is -2.37. The second kappa shape index (κ2) is 6.58. The van der Waals surface area contributed by atoms with Gasteiger partial charge in [-0.05, 0) is 43.5 Å². The highest BCUT2D eigenvalue weighted by molar-refractivity contribution is 5.67. The summed E-state index contributed by atoms with van der Waals surface area (Å²) in [6.07, 6.45) is 2.06. The molecule has 5 heteroatoms. The third-order valence-electron chi connectivity index (χ3n) is 5.04. The predicted molar refractivity (Wildman–Crippen MR) is 98.7 cm³/mol. The van der Waals surface area contributed by atoms with Gasteiger partial charge >= 0.3 is 0 Å². The van der Waals surface area contributed by atoms with Crippen molar-refractivity contribution < 1.29 is 4.74 Å². The van der Waals surface area contributed by atoms with E-state index < -0.39 is 0 Å². The molecule has 0 saturated carbocycles. The van der Waals surface area contributed by atoms with Crippen LogP contribution >= 0.6 is 0 Å². The largest absolute Gasteiger partial charge is 0.379 e. The summed E-state index contributed by atoms with van der Waals surface area (Å²) >= 11 is 0. The van der Waals surface area contributed by atoms with Crippen LogP contribution in [0.1, 0.15) is 29.9 Å². The molecule has 0 bridgehead atoms. The lowest BCUT2D eigenvalue weighted by atomic mass is 10.0. The lowest BCUT2D eigenvalue weighted by molar-refractivity contribution is 0.0198. The van der Waals surface area contributed by atoms with Gasteiger partial charge in [-0.3, -0.25) is 4.90 Å². The molecular formula is C20H24N4O. The van der Waals surface area contributed by atoms with Crippen LogP contribution in [0.4, 0.5) is 0 Å². The monoisotopic (exact) mass is 336 g/mol. The van der Waals surface area contributed by atoms with Crippen molar-refractivity contribution in [3.63, 3.8) is 0 Å². The average molecular weight is 336 g/mol. The van der Waals surface area contributed by atoms with E-state index in [-0.39, 0.29) is 0 Å². The van der Waals surface area contributed by atoms with Gasteiger partial charge in [-0.1, -0.05) is 24.3 Å². The fraction of sp³-hybridized carbons (Fsp3) is 0.400. The second-order valence-corrected chi connectivity index (χ2v) is 6.79. The van der Waals surface area contributed by atoms with Gasteiger partial charge in [0.1, 0.15) is 5.82 Å². The average Bonchev–Trinajstić information content (AvgIpc) is 3.03. The Hall–Kier alpha value is -2.24. The maximum Gasteiger partial charge on any atom is 0.158 e. The minimum atomic E-state index is 0.417. The SMILES string of the molecule is Cc1nc2c(C)cc(-c3ccc(C(C)N4CCOCC4)cc3)cn2n1. The van der Waals surface area contributed by atoms with Crippen LogP contribution in [0, 0.1) is 13.8 Å². The molecule has 1 atom stereocenters. The first-order valence-corrected chi connectivity index (χ1v) is 8.87. The van der Waals surface area contributed by atoms with Gasteiger partial charge in [0, 0.05) is 30.9 Å². The number of fused-ring (bicyclic) bond motifs is 1. The quantitative estimate of drug-likeness (QED) is 0.735. The number of benzene rings is 1. The molecule has 3 heterocycles. The smallest absolute Gasteiger partial charge is 0.158 e. The van der Waals surface area contributed by atoms with Crippen molar-refractivity contribution in [2.75, 3.05) is 26.3 Å². The summed E-state index contributed by atoms with van der Waals surface area (Å²) in [5.41, 5.74) is 5.79. The Kier molecular flexibility index (Phi) is 4.27. The van der Waals surface area contributed by atoms with Gasteiger partial charge < -0.3 is 4.74 Å². The molecular weight excluding hydrogens is 312 g/mol. The van der Waals surface area contributed by atoms with E-state index in [1.165, 1.54) is 16.7 Å². The molecule has 1 aliphatic heterocycles. The number of hydrogen-bond donors (Lipinski definition) is 0. The van der Waals surface area contributed by atoms with Crippen LogP contribution in [0.5, 0.6) is 0 Å². The zero-order valence-corrected chi connectivity index (χ0v) is 15.1. The van der Waals surface area contributed by atoms with Gasteiger partial charge in [0.05, 0.1) is 13.2 Å². The van der Waals surface area contributed by atoms with Gasteiger partial charge in [0.25, 0.3) is 0 Å². The Morgan fingerprint density at radius 3 is 2.48 bits per heavy atom. The van der Waals surface area contributed by atoms with Crippen LogP contribution in [-0.4, -0.2) is 45.8 Å². The van der Waals surface area contributed by atoms with Gasteiger partial charge in [0.2, 0.25) is 0 Å². The topological polar surface area (TPSA) is 42.7 Å². The van der Waals surface area contributed by atoms with Crippen LogP contribution in [-0.2, 0) is 4.74 Å². The first-order valence-electron chi connectivity index (χ1n) is 8.87. The summed E-state index contributed by atoms with van der Waals surface area (Å²) in [6, 6.07) is 11.5. The molecule has 4 rings (SSSR count). The summed E-state index contributed by atoms with van der Waals surface area (Å²) in [4.78, 5) is 6.95. The number of hydrogen-bond acceptors (Lipinski definition) is 4. The molecule has 1 aliphatic rings. The van der Waals surface area contributed by atoms with Gasteiger partial charge in [-0.2, -0.15) is 5.10 Å². The minimum absolute atomic E-state index is 0.417. The van der Waals surface area contributed by atoms with E-state index in [1.54, 1.807) is 0 Å². The highest BCUT2D eigenvalue weighted by Gasteiger charge is 2.18. The van der Waals surface area contributed by atoms with E-state index in [4.69, 9.17) is 4.74 Å². The highest BCUT2D eigenvalue weighted by atomic mass is 16.5. The summed E-state index contributed by atoms with van der Waals surface area (Å²) in [5.74, 6) is 0.801. The van der Waals surface area contributed by atoms with E-state index in [2.05, 4.69) is 65.4 Å². The molecule has 0 radical (unpaired) electrons. The predicted octanol–water partition coefficient (Wildman–Crippen LogP) is 3.41. The third kappa shape index (κ3) is 3.17. The Morgan fingerprint density at radius 1 is 1.04 bits per heavy atom. The zero-order valence-electron chi connectivity index (χ0n) is 15.1. The molecule has 2 aromatic heterocycles. The lowest BCUT2D eigenvalue weighted by Gasteiger charge is -2.32. The molecule has 1 unspecified atom stereocenters. The molecule has 25 heavy (non-hydrogen) atoms. The number of aromatic nitrogens is 3. The molecule has 3 aromatic rings. The highest BCUT2D eigenvalue weighted by Crippen LogP contribution is 2.26. The molecule has 130 valence electrons. The van der Waals surface area contributed by atoms with E-state index in [9.17, 15) is 0 Å². The van der Waals surface area contributed by atoms with E-state index >= 15 is 0 Å². The molecule has 0 N–H and O–H groups in total. The summed E-state index contributed by atoms with van der Waals surface area (Å²) in [5, 5.41) is 4.45. The zero-order chi connectivity index (χ0) is 17.4. The molecule has 0 aliphatic carbocycles. The van der Waals surface area contributed by atoms with Crippen LogP contribution in [0.3, 0.4) is 0 Å². The molecule has 0 amide bonds. The van der Waals surface area contributed by atoms with Crippen molar-refractivity contribution in [2.24, 2.45) is 0 Å². The minimum Gasteiger partial charge on any atom is -0.379 e. The summed E-state index contributed by atoms with van der Waals surface area (Å²) in [7, 11) is 0. The van der Waals surface area contributed by atoms with Crippen molar-refractivity contribution in [3.05, 3.63) is 53.5 Å². The molecule has 1 aromatic carbocycles. The first-order chi connectivity index (χ1) is 12.1. The second-order valence-electron chi connectivity index (χ2n) is 6.79. The van der Waals surface area contributed by atoms with Gasteiger partial charge in [0.15, 0.2) is 5.65 Å². The van der Waals surface area contributed by atoms with Crippen LogP contribution in [0.2, 0.25) is 0 Å². The normalized spacial score (nSPS) is 17.1. The van der Waals surface area contributed by atoms with Crippen molar-refractivity contribution in [2.45, 2.75) is 26.8 Å². The number of ether oxygens (including phenoxy) is 1. The number of rotatable bonds is 3. The van der Waals surface area contributed by atoms with Crippen molar-refractivity contribution in [3.8, 4) is 11.1 Å². The molecule has 1 saturated heterocycles. The van der Waals surface area contributed by atoms with Crippen molar-refractivity contribution >= 4 is 5.65 Å². The van der Waals surface area contributed by atoms with Gasteiger partial charge in [-0.25, -0.2) is 9.50 Å². The Morgan fingerprint density at radius 2 is 1.76 bits per heavy atom. The molecule has 1 fully saturated rings. The maximum atomic E-state index is 5.46. The summed E-state index contributed by atoms with van der Waals surface area (Å²) in [6.45, 7) is 9.96. The molecule has 5 nitrogen and oxygen atoms in total. The Labute approximate surface area is 148 Å².